The predicted octanol–water partition coefficient (Wildman–Crippen LogP) is 1.70. The van der Waals surface area contributed by atoms with Gasteiger partial charge in [0.25, 0.3) is 0 Å². The van der Waals surface area contributed by atoms with E-state index in [1.54, 1.807) is 6.33 Å². The van der Waals surface area contributed by atoms with E-state index in [-0.39, 0.29) is 0 Å². The monoisotopic (exact) mass is 234 g/mol. The molecule has 2 heterocycles. The van der Waals surface area contributed by atoms with Gasteiger partial charge in [-0.1, -0.05) is 42.5 Å². The molecule has 0 saturated heterocycles. The number of hydrogen-bond donors (Lipinski definition) is 0. The molecule has 2 aromatic carbocycles. The minimum Gasteiger partial charge on any atom is -0.218 e. The lowest BCUT2D eigenvalue weighted by molar-refractivity contribution is -0.593. The van der Waals surface area contributed by atoms with Crippen molar-refractivity contribution in [2.24, 2.45) is 0 Å². The largest absolute Gasteiger partial charge is 0.218 e. The van der Waals surface area contributed by atoms with Crippen LogP contribution < -0.4 is 9.61 Å². The van der Waals surface area contributed by atoms with Crippen LogP contribution in [0.2, 0.25) is 0 Å². The number of rotatable bonds is 1. The highest BCUT2D eigenvalue weighted by atomic mass is 15.5. The SMILES string of the molecule is c1ccc(-c2nc[n+]3c4ccccc4[n-]n23)cc1. The van der Waals surface area contributed by atoms with Gasteiger partial charge in [-0.15, -0.1) is 9.73 Å². The summed E-state index contributed by atoms with van der Waals surface area (Å²) < 4.78 is 3.79. The zero-order valence-electron chi connectivity index (χ0n) is 9.56. The first kappa shape index (κ1) is 9.41. The highest BCUT2D eigenvalue weighted by Gasteiger charge is 2.10. The standard InChI is InChI=1S/C14H10N4/c1-2-6-11(7-3-1)14-15-10-17-13-9-5-4-8-12(13)16-18(14)17/h1-10H. The Bertz CT molecular complexity index is 827. The van der Waals surface area contributed by atoms with Crippen LogP contribution in [0.1, 0.15) is 0 Å². The van der Waals surface area contributed by atoms with E-state index >= 15 is 0 Å². The molecule has 0 spiro atoms. The molecule has 4 heteroatoms. The van der Waals surface area contributed by atoms with E-state index in [1.165, 1.54) is 0 Å². The Morgan fingerprint density at radius 1 is 0.944 bits per heavy atom. The van der Waals surface area contributed by atoms with Gasteiger partial charge in [-0.3, -0.25) is 0 Å². The maximum Gasteiger partial charge on any atom is 0.181 e. The van der Waals surface area contributed by atoms with Gasteiger partial charge in [0, 0.05) is 5.56 Å². The maximum absolute atomic E-state index is 4.57. The van der Waals surface area contributed by atoms with Crippen LogP contribution in [0, 0.1) is 0 Å². The summed E-state index contributed by atoms with van der Waals surface area (Å²) in [5.74, 6) is 0.854. The number of benzene rings is 2. The fourth-order valence-corrected chi connectivity index (χ4v) is 2.19. The Balaban J connectivity index is 2.08. The molecule has 0 N–H and O–H groups in total. The van der Waals surface area contributed by atoms with E-state index in [9.17, 15) is 0 Å². The van der Waals surface area contributed by atoms with Crippen LogP contribution in [0.15, 0.2) is 60.9 Å². The van der Waals surface area contributed by atoms with Crippen molar-refractivity contribution in [3.8, 4) is 11.4 Å². The number of para-hydroxylation sites is 1. The molecular formula is C14H10N4. The molecule has 0 unspecified atom stereocenters. The van der Waals surface area contributed by atoms with Gasteiger partial charge in [0.05, 0.1) is 5.52 Å². The molecule has 0 aliphatic carbocycles. The first-order valence-electron chi connectivity index (χ1n) is 5.80. The molecule has 18 heavy (non-hydrogen) atoms. The first-order chi connectivity index (χ1) is 8.93. The molecule has 0 saturated carbocycles. The average Bonchev–Trinajstić information content (AvgIpc) is 2.98. The maximum atomic E-state index is 4.57. The molecule has 0 fully saturated rings. The van der Waals surface area contributed by atoms with Crippen LogP contribution in [-0.4, -0.2) is 9.61 Å². The zero-order chi connectivity index (χ0) is 11.9. The topological polar surface area (TPSA) is 35.5 Å². The van der Waals surface area contributed by atoms with Crippen LogP contribution in [0.25, 0.3) is 22.4 Å². The van der Waals surface area contributed by atoms with Crippen molar-refractivity contribution < 1.29 is 4.52 Å². The van der Waals surface area contributed by atoms with Crippen molar-refractivity contribution in [2.75, 3.05) is 0 Å². The van der Waals surface area contributed by atoms with Crippen LogP contribution in [0.4, 0.5) is 0 Å². The van der Waals surface area contributed by atoms with Crippen LogP contribution in [-0.2, 0) is 0 Å². The third-order valence-electron chi connectivity index (χ3n) is 3.05. The van der Waals surface area contributed by atoms with Gasteiger partial charge < -0.3 is 0 Å². The second-order valence-electron chi connectivity index (χ2n) is 4.16. The molecule has 0 aliphatic rings. The Morgan fingerprint density at radius 2 is 1.72 bits per heavy atom. The van der Waals surface area contributed by atoms with Gasteiger partial charge in [0.15, 0.2) is 5.82 Å². The lowest BCUT2D eigenvalue weighted by atomic mass is 10.2. The Labute approximate surface area is 103 Å². The highest BCUT2D eigenvalue weighted by molar-refractivity contribution is 5.70. The second-order valence-corrected chi connectivity index (χ2v) is 4.16. The summed E-state index contributed by atoms with van der Waals surface area (Å²) in [6, 6.07) is 18.1. The van der Waals surface area contributed by atoms with Crippen molar-refractivity contribution in [1.82, 2.24) is 14.7 Å². The second kappa shape index (κ2) is 3.43. The van der Waals surface area contributed by atoms with E-state index in [2.05, 4.69) is 10.1 Å². The molecule has 0 amide bonds. The number of fused-ring (bicyclic) bond motifs is 3. The van der Waals surface area contributed by atoms with Crippen molar-refractivity contribution in [3.05, 3.63) is 60.9 Å². The highest BCUT2D eigenvalue weighted by Crippen LogP contribution is 2.15. The normalized spacial score (nSPS) is 11.3. The fraction of sp³-hybridized carbons (Fsp3) is 0. The third-order valence-corrected chi connectivity index (χ3v) is 3.05. The van der Waals surface area contributed by atoms with Gasteiger partial charge in [-0.2, -0.15) is 0 Å². The molecule has 0 aliphatic heterocycles. The van der Waals surface area contributed by atoms with E-state index in [4.69, 9.17) is 0 Å². The fourth-order valence-electron chi connectivity index (χ4n) is 2.19. The van der Waals surface area contributed by atoms with E-state index < -0.39 is 0 Å². The van der Waals surface area contributed by atoms with Crippen LogP contribution >= 0.6 is 0 Å². The third kappa shape index (κ3) is 1.20. The molecule has 0 bridgehead atoms. The van der Waals surface area contributed by atoms with E-state index in [0.29, 0.717) is 0 Å². The summed E-state index contributed by atoms with van der Waals surface area (Å²) >= 11 is 0. The Kier molecular flexibility index (Phi) is 1.80. The number of nitrogens with zero attached hydrogens (tertiary/aromatic N) is 4. The summed E-state index contributed by atoms with van der Waals surface area (Å²) in [5.41, 5.74) is 3.09. The predicted molar refractivity (Wildman–Crippen MR) is 67.1 cm³/mol. The van der Waals surface area contributed by atoms with Crippen LogP contribution in [0.5, 0.6) is 0 Å². The van der Waals surface area contributed by atoms with Gasteiger partial charge in [-0.05, 0) is 12.1 Å². The lowest BCUT2D eigenvalue weighted by Crippen LogP contribution is -2.25. The smallest absolute Gasteiger partial charge is 0.181 e. The van der Waals surface area contributed by atoms with Crippen molar-refractivity contribution in [3.63, 3.8) is 0 Å². The Hall–Kier alpha value is -2.62. The zero-order valence-corrected chi connectivity index (χ0v) is 9.56. The van der Waals surface area contributed by atoms with Gasteiger partial charge >= 0.3 is 0 Å². The quantitative estimate of drug-likeness (QED) is 0.470. The molecule has 4 rings (SSSR count). The van der Waals surface area contributed by atoms with Gasteiger partial charge in [0.1, 0.15) is 11.8 Å². The molecule has 0 radical (unpaired) electrons. The number of hydrogen-bond acceptors (Lipinski definition) is 1. The van der Waals surface area contributed by atoms with E-state index in [1.807, 2.05) is 63.7 Å². The minimum atomic E-state index is 0.854. The Morgan fingerprint density at radius 3 is 2.61 bits per heavy atom. The van der Waals surface area contributed by atoms with Gasteiger partial charge in [0.2, 0.25) is 0 Å². The van der Waals surface area contributed by atoms with E-state index in [0.717, 1.165) is 22.4 Å². The lowest BCUT2D eigenvalue weighted by Gasteiger charge is -1.95. The molecule has 4 aromatic rings. The summed E-state index contributed by atoms with van der Waals surface area (Å²) in [4.78, 5) is 4.44. The summed E-state index contributed by atoms with van der Waals surface area (Å²) in [6.07, 6.45) is 1.80. The van der Waals surface area contributed by atoms with Crippen molar-refractivity contribution >= 4 is 11.0 Å². The van der Waals surface area contributed by atoms with Crippen LogP contribution in [0.3, 0.4) is 0 Å². The number of aromatic nitrogens is 4. The molecule has 0 atom stereocenters. The van der Waals surface area contributed by atoms with Crippen molar-refractivity contribution in [2.45, 2.75) is 0 Å². The first-order valence-corrected chi connectivity index (χ1v) is 5.80. The molecule has 4 nitrogen and oxygen atoms in total. The van der Waals surface area contributed by atoms with Crippen molar-refractivity contribution in [1.29, 1.82) is 0 Å². The molecule has 86 valence electrons. The average molecular weight is 234 g/mol. The summed E-state index contributed by atoms with van der Waals surface area (Å²) in [5, 5.41) is 4.57. The molecular weight excluding hydrogens is 224 g/mol. The van der Waals surface area contributed by atoms with Gasteiger partial charge in [-0.25, -0.2) is 9.50 Å². The minimum absolute atomic E-state index is 0.854. The molecule has 2 aromatic heterocycles. The summed E-state index contributed by atoms with van der Waals surface area (Å²) in [6.45, 7) is 0. The summed E-state index contributed by atoms with van der Waals surface area (Å²) in [7, 11) is 0.